The molecule has 7 heteroatoms. The minimum absolute atomic E-state index is 0.619. The minimum atomic E-state index is 0.619. The molecule has 2 rings (SSSR count). The van der Waals surface area contributed by atoms with Crippen molar-refractivity contribution in [3.63, 3.8) is 0 Å². The van der Waals surface area contributed by atoms with E-state index >= 15 is 0 Å². The molecule has 142 valence electrons. The second-order valence-corrected chi connectivity index (χ2v) is 6.52. The van der Waals surface area contributed by atoms with Gasteiger partial charge in [-0.3, -0.25) is 4.99 Å². The molecule has 0 saturated heterocycles. The molecule has 0 fully saturated rings. The Labute approximate surface area is 155 Å². The number of hydrogen-bond acceptors (Lipinski definition) is 5. The quantitative estimate of drug-likeness (QED) is 0.410. The predicted molar refractivity (Wildman–Crippen MR) is 104 cm³/mol. The molecule has 1 aromatic carbocycles. The van der Waals surface area contributed by atoms with Crippen molar-refractivity contribution in [3.8, 4) is 17.1 Å². The van der Waals surface area contributed by atoms with Gasteiger partial charge >= 0.3 is 0 Å². The van der Waals surface area contributed by atoms with Gasteiger partial charge in [-0.05, 0) is 37.1 Å². The lowest BCUT2D eigenvalue weighted by Crippen LogP contribution is -2.35. The molecule has 0 aliphatic carbocycles. The zero-order valence-corrected chi connectivity index (χ0v) is 16.4. The van der Waals surface area contributed by atoms with Crippen LogP contribution in [0, 0.1) is 0 Å². The summed E-state index contributed by atoms with van der Waals surface area (Å²) < 4.78 is 10.5. The van der Waals surface area contributed by atoms with Crippen molar-refractivity contribution in [2.24, 2.45) is 4.99 Å². The first-order chi connectivity index (χ1) is 12.5. The fourth-order valence-electron chi connectivity index (χ4n) is 2.64. The number of rotatable bonds is 8. The van der Waals surface area contributed by atoms with E-state index in [2.05, 4.69) is 15.1 Å². The van der Waals surface area contributed by atoms with Crippen LogP contribution >= 0.6 is 0 Å². The highest BCUT2D eigenvalue weighted by Gasteiger charge is 2.08. The van der Waals surface area contributed by atoms with Gasteiger partial charge in [-0.15, -0.1) is 0 Å². The maximum atomic E-state index is 5.35. The fourth-order valence-corrected chi connectivity index (χ4v) is 2.64. The van der Waals surface area contributed by atoms with Crippen LogP contribution in [-0.2, 0) is 6.42 Å². The van der Waals surface area contributed by atoms with Crippen LogP contribution in [0.3, 0.4) is 0 Å². The van der Waals surface area contributed by atoms with E-state index in [1.165, 1.54) is 0 Å². The number of methoxy groups -OCH3 is 1. The standard InChI is InChI=1S/C19H29N5O2/c1-23(2)19(24(3)4)20-14-8-6-7-9-17-21-18(22-26-17)15-10-12-16(25-5)13-11-15/h10-13H,6-9,14H2,1-5H3. The Balaban J connectivity index is 1.75. The number of hydrogen-bond donors (Lipinski definition) is 0. The first kappa shape index (κ1) is 19.8. The minimum Gasteiger partial charge on any atom is -0.497 e. The molecule has 0 amide bonds. The van der Waals surface area contributed by atoms with E-state index < -0.39 is 0 Å². The van der Waals surface area contributed by atoms with Crippen LogP contribution in [0.2, 0.25) is 0 Å². The molecule has 26 heavy (non-hydrogen) atoms. The Hall–Kier alpha value is -2.57. The maximum absolute atomic E-state index is 5.35. The fraction of sp³-hybridized carbons (Fsp3) is 0.526. The molecule has 0 aliphatic rings. The van der Waals surface area contributed by atoms with Gasteiger partial charge in [-0.1, -0.05) is 11.6 Å². The van der Waals surface area contributed by atoms with E-state index in [1.807, 2.05) is 62.3 Å². The molecular weight excluding hydrogens is 330 g/mol. The first-order valence-corrected chi connectivity index (χ1v) is 8.87. The lowest BCUT2D eigenvalue weighted by atomic mass is 10.2. The predicted octanol–water partition coefficient (Wildman–Crippen LogP) is 2.94. The Morgan fingerprint density at radius 1 is 1.04 bits per heavy atom. The third-order valence-electron chi connectivity index (χ3n) is 3.92. The monoisotopic (exact) mass is 359 g/mol. The molecule has 2 aromatic rings. The summed E-state index contributed by atoms with van der Waals surface area (Å²) in [5, 5.41) is 4.06. The lowest BCUT2D eigenvalue weighted by Gasteiger charge is -2.22. The number of unbranched alkanes of at least 4 members (excludes halogenated alkanes) is 2. The van der Waals surface area contributed by atoms with Crippen molar-refractivity contribution in [2.75, 3.05) is 41.8 Å². The van der Waals surface area contributed by atoms with Crippen molar-refractivity contribution in [2.45, 2.75) is 25.7 Å². The van der Waals surface area contributed by atoms with E-state index in [0.717, 1.165) is 49.5 Å². The molecule has 0 atom stereocenters. The Bertz CT molecular complexity index is 682. The van der Waals surface area contributed by atoms with Gasteiger partial charge in [-0.2, -0.15) is 4.98 Å². The average molecular weight is 359 g/mol. The van der Waals surface area contributed by atoms with Crippen LogP contribution in [0.4, 0.5) is 0 Å². The van der Waals surface area contributed by atoms with E-state index in [4.69, 9.17) is 9.26 Å². The van der Waals surface area contributed by atoms with Gasteiger partial charge < -0.3 is 19.1 Å². The second-order valence-electron chi connectivity index (χ2n) is 6.52. The van der Waals surface area contributed by atoms with E-state index in [-0.39, 0.29) is 0 Å². The molecule has 7 nitrogen and oxygen atoms in total. The highest BCUT2D eigenvalue weighted by atomic mass is 16.5. The summed E-state index contributed by atoms with van der Waals surface area (Å²) in [5.74, 6) is 3.10. The Morgan fingerprint density at radius 3 is 2.35 bits per heavy atom. The first-order valence-electron chi connectivity index (χ1n) is 8.87. The molecule has 1 aromatic heterocycles. The van der Waals surface area contributed by atoms with E-state index in [0.29, 0.717) is 11.7 Å². The summed E-state index contributed by atoms with van der Waals surface area (Å²) in [6.45, 7) is 0.826. The smallest absolute Gasteiger partial charge is 0.226 e. The van der Waals surface area contributed by atoms with Gasteiger partial charge in [0.1, 0.15) is 5.75 Å². The van der Waals surface area contributed by atoms with Crippen molar-refractivity contribution in [1.29, 1.82) is 0 Å². The van der Waals surface area contributed by atoms with E-state index in [1.54, 1.807) is 7.11 Å². The zero-order valence-electron chi connectivity index (χ0n) is 16.4. The van der Waals surface area contributed by atoms with Crippen molar-refractivity contribution in [3.05, 3.63) is 30.2 Å². The molecule has 0 spiro atoms. The molecule has 0 aliphatic heterocycles. The third kappa shape index (κ3) is 5.75. The number of aryl methyl sites for hydroxylation is 1. The van der Waals surface area contributed by atoms with Gasteiger partial charge in [0.05, 0.1) is 7.11 Å². The number of benzene rings is 1. The van der Waals surface area contributed by atoms with Crippen LogP contribution in [0.1, 0.15) is 25.2 Å². The normalized spacial score (nSPS) is 10.5. The van der Waals surface area contributed by atoms with Crippen LogP contribution in [-0.4, -0.2) is 67.7 Å². The van der Waals surface area contributed by atoms with Crippen molar-refractivity contribution < 1.29 is 9.26 Å². The Kier molecular flexibility index (Phi) is 7.44. The summed E-state index contributed by atoms with van der Waals surface area (Å²) in [5.41, 5.74) is 0.926. The lowest BCUT2D eigenvalue weighted by molar-refractivity contribution is 0.374. The molecular formula is C19H29N5O2. The van der Waals surface area contributed by atoms with Crippen LogP contribution in [0.25, 0.3) is 11.4 Å². The largest absolute Gasteiger partial charge is 0.497 e. The van der Waals surface area contributed by atoms with Crippen molar-refractivity contribution in [1.82, 2.24) is 19.9 Å². The summed E-state index contributed by atoms with van der Waals surface area (Å²) in [4.78, 5) is 13.2. The highest BCUT2D eigenvalue weighted by molar-refractivity contribution is 5.79. The van der Waals surface area contributed by atoms with E-state index in [9.17, 15) is 0 Å². The van der Waals surface area contributed by atoms with Gasteiger partial charge in [0.15, 0.2) is 5.96 Å². The number of aromatic nitrogens is 2. The summed E-state index contributed by atoms with van der Waals surface area (Å²) in [7, 11) is 9.68. The maximum Gasteiger partial charge on any atom is 0.226 e. The zero-order chi connectivity index (χ0) is 18.9. The SMILES string of the molecule is COc1ccc(-c2noc(CCCCCN=C(N(C)C)N(C)C)n2)cc1. The number of guanidine groups is 1. The van der Waals surface area contributed by atoms with Crippen LogP contribution in [0.5, 0.6) is 5.75 Å². The van der Waals surface area contributed by atoms with Crippen LogP contribution < -0.4 is 4.74 Å². The van der Waals surface area contributed by atoms with Crippen LogP contribution in [0.15, 0.2) is 33.8 Å². The third-order valence-corrected chi connectivity index (χ3v) is 3.92. The molecule has 0 unspecified atom stereocenters. The number of nitrogens with zero attached hydrogens (tertiary/aromatic N) is 5. The number of aliphatic imine (C=N–C) groups is 1. The van der Waals surface area contributed by atoms with Crippen molar-refractivity contribution >= 4 is 5.96 Å². The van der Waals surface area contributed by atoms with Gasteiger partial charge in [-0.25, -0.2) is 0 Å². The van der Waals surface area contributed by atoms with Gasteiger partial charge in [0.25, 0.3) is 0 Å². The summed E-state index contributed by atoms with van der Waals surface area (Å²) in [6.07, 6.45) is 3.93. The molecule has 0 radical (unpaired) electrons. The summed E-state index contributed by atoms with van der Waals surface area (Å²) in [6, 6.07) is 7.64. The molecule has 1 heterocycles. The number of ether oxygens (including phenoxy) is 1. The molecule has 0 bridgehead atoms. The van der Waals surface area contributed by atoms with Gasteiger partial charge in [0, 0.05) is 46.7 Å². The topological polar surface area (TPSA) is 67.0 Å². The molecule has 0 saturated carbocycles. The highest BCUT2D eigenvalue weighted by Crippen LogP contribution is 2.20. The molecule has 0 N–H and O–H groups in total. The summed E-state index contributed by atoms with van der Waals surface area (Å²) >= 11 is 0. The van der Waals surface area contributed by atoms with Gasteiger partial charge in [0.2, 0.25) is 11.7 Å². The Morgan fingerprint density at radius 2 is 1.73 bits per heavy atom. The second kappa shape index (κ2) is 9.79. The average Bonchev–Trinajstić information content (AvgIpc) is 3.09.